The summed E-state index contributed by atoms with van der Waals surface area (Å²) in [6, 6.07) is 8.22. The Morgan fingerprint density at radius 2 is 1.97 bits per heavy atom. The van der Waals surface area contributed by atoms with Crippen LogP contribution in [0.2, 0.25) is 14.5 Å². The van der Waals surface area contributed by atoms with Crippen molar-refractivity contribution in [1.82, 2.24) is 9.55 Å². The molecule has 0 saturated heterocycles. The van der Waals surface area contributed by atoms with Crippen LogP contribution in [0, 0.1) is 0 Å². The molecule has 0 amide bonds. The number of benzene rings is 1. The van der Waals surface area contributed by atoms with Gasteiger partial charge in [-0.1, -0.05) is 34.8 Å². The van der Waals surface area contributed by atoms with Crippen molar-refractivity contribution in [3.05, 3.63) is 78.0 Å². The third kappa shape index (κ3) is 3.02. The van der Waals surface area contributed by atoms with Crippen LogP contribution < -0.4 is 15.1 Å². The Balaban J connectivity index is 1.89. The summed E-state index contributed by atoms with van der Waals surface area (Å²) in [6.45, 7) is 0. The van der Waals surface area contributed by atoms with Gasteiger partial charge in [-0.05, 0) is 48.7 Å². The van der Waals surface area contributed by atoms with E-state index in [0.717, 1.165) is 16.9 Å². The van der Waals surface area contributed by atoms with E-state index in [4.69, 9.17) is 34.8 Å². The molecule has 0 saturated carbocycles. The van der Waals surface area contributed by atoms with Crippen LogP contribution in [0.15, 0.2) is 47.5 Å². The van der Waals surface area contributed by atoms with Gasteiger partial charge >= 0.3 is 5.56 Å². The average molecular weight is 465 g/mol. The fourth-order valence-electron chi connectivity index (χ4n) is 3.95. The zero-order chi connectivity index (χ0) is 20.3. The number of hydrogen-bond acceptors (Lipinski definition) is 4. The van der Waals surface area contributed by atoms with E-state index in [1.807, 2.05) is 12.1 Å². The molecular weight excluding hydrogens is 453 g/mol. The number of hydrogen-bond donors (Lipinski definition) is 0. The van der Waals surface area contributed by atoms with Gasteiger partial charge in [0.05, 0.1) is 17.0 Å². The average Bonchev–Trinajstić information content (AvgIpc) is 3.11. The Hall–Kier alpha value is -2.12. The molecule has 0 radical (unpaired) electrons. The number of aryl methyl sites for hydroxylation is 1. The number of nitrogens with zero attached hydrogens (tertiary/aromatic N) is 3. The molecule has 5 nitrogen and oxygen atoms in total. The van der Waals surface area contributed by atoms with Crippen molar-refractivity contribution >= 4 is 51.8 Å². The van der Waals surface area contributed by atoms with E-state index >= 15 is 0 Å². The lowest BCUT2D eigenvalue weighted by Crippen LogP contribution is -2.47. The molecule has 0 aliphatic carbocycles. The molecule has 1 unspecified atom stereocenters. The summed E-state index contributed by atoms with van der Waals surface area (Å²) in [4.78, 5) is 18.3. The molecule has 4 heterocycles. The topological polar surface area (TPSA) is 62.0 Å². The number of thiazole rings is 1. The summed E-state index contributed by atoms with van der Waals surface area (Å²) in [5.41, 5.74) is 1.58. The predicted octanol–water partition coefficient (Wildman–Crippen LogP) is 4.28. The highest BCUT2D eigenvalue weighted by molar-refractivity contribution is 7.15. The van der Waals surface area contributed by atoms with E-state index in [9.17, 15) is 9.90 Å². The molecule has 0 fully saturated rings. The van der Waals surface area contributed by atoms with Crippen LogP contribution in [0.3, 0.4) is 0 Å². The molecule has 5 rings (SSSR count). The molecule has 0 bridgehead atoms. The standard InChI is InChI=1S/C20H12Cl3N3O2S/c21-12-6-11(7-13(22)8-12)16-18(27)25-5-1-2-10-3-4-14(15-9-24-20(23)29-15)26(17(10)25)19(16)28/h1-2,5-9,14H,3-4H2. The Morgan fingerprint density at radius 3 is 2.66 bits per heavy atom. The van der Waals surface area contributed by atoms with Crippen molar-refractivity contribution in [2.24, 2.45) is 0 Å². The molecule has 0 spiro atoms. The van der Waals surface area contributed by atoms with Crippen molar-refractivity contribution in [2.45, 2.75) is 18.9 Å². The lowest BCUT2D eigenvalue weighted by molar-refractivity contribution is -0.534. The van der Waals surface area contributed by atoms with E-state index in [1.165, 1.54) is 15.7 Å². The van der Waals surface area contributed by atoms with Crippen molar-refractivity contribution in [3.63, 3.8) is 0 Å². The fraction of sp³-hybridized carbons (Fsp3) is 0.150. The van der Waals surface area contributed by atoms with Gasteiger partial charge in [0.25, 0.3) is 5.65 Å². The lowest BCUT2D eigenvalue weighted by Gasteiger charge is -2.27. The van der Waals surface area contributed by atoms with Gasteiger partial charge in [0.2, 0.25) is 0 Å². The quantitative estimate of drug-likeness (QED) is 0.416. The first-order chi connectivity index (χ1) is 13.9. The summed E-state index contributed by atoms with van der Waals surface area (Å²) < 4.78 is 3.61. The molecule has 29 heavy (non-hydrogen) atoms. The van der Waals surface area contributed by atoms with Gasteiger partial charge in [-0.2, -0.15) is 4.40 Å². The number of rotatable bonds is 2. The van der Waals surface area contributed by atoms with Crippen molar-refractivity contribution < 1.29 is 9.51 Å². The van der Waals surface area contributed by atoms with Gasteiger partial charge in [0, 0.05) is 21.8 Å². The summed E-state index contributed by atoms with van der Waals surface area (Å²) in [5, 5.41) is 14.4. The van der Waals surface area contributed by atoms with Crippen molar-refractivity contribution in [3.8, 4) is 17.0 Å². The second-order valence-electron chi connectivity index (χ2n) is 6.81. The molecule has 1 aromatic carbocycles. The maximum atomic E-state index is 13.6. The fourth-order valence-corrected chi connectivity index (χ4v) is 5.55. The van der Waals surface area contributed by atoms with Gasteiger partial charge < -0.3 is 5.11 Å². The van der Waals surface area contributed by atoms with Gasteiger partial charge in [-0.15, -0.1) is 11.3 Å². The van der Waals surface area contributed by atoms with Crippen LogP contribution in [0.1, 0.15) is 22.9 Å². The van der Waals surface area contributed by atoms with Gasteiger partial charge in [-0.3, -0.25) is 0 Å². The first-order valence-corrected chi connectivity index (χ1v) is 10.8. The minimum atomic E-state index is -0.399. The van der Waals surface area contributed by atoms with E-state index < -0.39 is 5.56 Å². The molecule has 0 N–H and O–H groups in total. The Morgan fingerprint density at radius 1 is 1.21 bits per heavy atom. The number of aromatic nitrogens is 3. The van der Waals surface area contributed by atoms with Crippen LogP contribution in [0.25, 0.3) is 16.8 Å². The van der Waals surface area contributed by atoms with E-state index in [1.54, 1.807) is 35.2 Å². The summed E-state index contributed by atoms with van der Waals surface area (Å²) >= 11 is 19.7. The first-order valence-electron chi connectivity index (χ1n) is 8.80. The highest BCUT2D eigenvalue weighted by Crippen LogP contribution is 2.39. The van der Waals surface area contributed by atoms with E-state index in [0.29, 0.717) is 32.1 Å². The lowest BCUT2D eigenvalue weighted by atomic mass is 9.99. The zero-order valence-electron chi connectivity index (χ0n) is 14.7. The van der Waals surface area contributed by atoms with Crippen LogP contribution in [0.4, 0.5) is 0 Å². The van der Waals surface area contributed by atoms with Gasteiger partial charge in [0.1, 0.15) is 11.6 Å². The van der Waals surface area contributed by atoms with Crippen LogP contribution in [-0.4, -0.2) is 9.55 Å². The molecule has 9 heteroatoms. The highest BCUT2D eigenvalue weighted by atomic mass is 35.5. The normalized spacial score (nSPS) is 15.8. The molecule has 146 valence electrons. The largest absolute Gasteiger partial charge is 0.842 e. The highest BCUT2D eigenvalue weighted by Gasteiger charge is 2.33. The van der Waals surface area contributed by atoms with E-state index in [-0.39, 0.29) is 17.5 Å². The Kier molecular flexibility index (Phi) is 4.55. The third-order valence-corrected chi connectivity index (χ3v) is 6.77. The second kappa shape index (κ2) is 6.99. The Labute approximate surface area is 184 Å². The molecule has 4 aromatic rings. The van der Waals surface area contributed by atoms with Gasteiger partial charge in [-0.25, -0.2) is 14.3 Å². The van der Waals surface area contributed by atoms with Crippen LogP contribution >= 0.6 is 46.1 Å². The molecule has 1 atom stereocenters. The predicted molar refractivity (Wildman–Crippen MR) is 112 cm³/mol. The zero-order valence-corrected chi connectivity index (χ0v) is 17.8. The van der Waals surface area contributed by atoms with Crippen LogP contribution in [-0.2, 0) is 6.42 Å². The van der Waals surface area contributed by atoms with E-state index in [2.05, 4.69) is 4.98 Å². The minimum Gasteiger partial charge on any atom is -0.842 e. The third-order valence-electron chi connectivity index (χ3n) is 5.12. The number of halogens is 3. The smallest absolute Gasteiger partial charge is 0.349 e. The van der Waals surface area contributed by atoms with Crippen molar-refractivity contribution in [2.75, 3.05) is 0 Å². The van der Waals surface area contributed by atoms with Crippen molar-refractivity contribution in [1.29, 1.82) is 0 Å². The SMILES string of the molecule is O=c1c(-c2cc(Cl)cc(Cl)c2)c([O-])n2c3c(ccc[n+]13)CCC2c1cnc(Cl)s1. The molecular formula is C20H12Cl3N3O2S. The second-order valence-corrected chi connectivity index (χ2v) is 9.33. The maximum absolute atomic E-state index is 13.6. The summed E-state index contributed by atoms with van der Waals surface area (Å²) in [7, 11) is 0. The molecule has 1 aliphatic rings. The summed E-state index contributed by atoms with van der Waals surface area (Å²) in [5.74, 6) is -0.380. The Bertz CT molecular complexity index is 1330. The number of pyridine rings is 1. The maximum Gasteiger partial charge on any atom is 0.349 e. The summed E-state index contributed by atoms with van der Waals surface area (Å²) in [6.07, 6.45) is 4.81. The van der Waals surface area contributed by atoms with Gasteiger partial charge in [0.15, 0.2) is 4.47 Å². The van der Waals surface area contributed by atoms with Crippen LogP contribution in [0.5, 0.6) is 5.88 Å². The monoisotopic (exact) mass is 463 g/mol. The first kappa shape index (κ1) is 18.9. The minimum absolute atomic E-state index is 0.0339. The molecule has 3 aromatic heterocycles. The molecule has 1 aliphatic heterocycles.